The molecule has 0 aliphatic rings. The number of carbonyl (C=O) groups is 1. The minimum absolute atomic E-state index is 0.185. The third kappa shape index (κ3) is 4.34. The summed E-state index contributed by atoms with van der Waals surface area (Å²) in [6.07, 6.45) is 5.07. The molecule has 0 aliphatic heterocycles. The Morgan fingerprint density at radius 1 is 1.00 bits per heavy atom. The van der Waals surface area contributed by atoms with Gasteiger partial charge in [-0.25, -0.2) is 18.7 Å². The Bertz CT molecular complexity index is 1200. The number of aromatic nitrogens is 3. The highest BCUT2D eigenvalue weighted by molar-refractivity contribution is 7.15. The van der Waals surface area contributed by atoms with Gasteiger partial charge in [0.15, 0.2) is 0 Å². The fourth-order valence-electron chi connectivity index (χ4n) is 3.04. The van der Waals surface area contributed by atoms with Crippen LogP contribution in [0.2, 0.25) is 0 Å². The minimum Gasteiger partial charge on any atom is -0.306 e. The third-order valence-corrected chi connectivity index (χ3v) is 5.96. The number of halogens is 2. The van der Waals surface area contributed by atoms with Crippen molar-refractivity contribution >= 4 is 23.1 Å². The van der Waals surface area contributed by atoms with E-state index in [0.29, 0.717) is 0 Å². The summed E-state index contributed by atoms with van der Waals surface area (Å²) in [7, 11) is 0. The summed E-state index contributed by atoms with van der Waals surface area (Å²) >= 11 is 1.60. The maximum absolute atomic E-state index is 13.8. The Kier molecular flexibility index (Phi) is 5.81. The van der Waals surface area contributed by atoms with Crippen molar-refractivity contribution in [1.29, 1.82) is 0 Å². The number of hydrogen-bond donors (Lipinski definition) is 1. The Labute approximate surface area is 181 Å². The van der Waals surface area contributed by atoms with Crippen LogP contribution in [0.3, 0.4) is 0 Å². The highest BCUT2D eigenvalue weighted by Gasteiger charge is 2.19. The summed E-state index contributed by atoms with van der Waals surface area (Å²) in [5, 5.41) is 3.29. The van der Waals surface area contributed by atoms with Crippen LogP contribution in [0.4, 0.5) is 14.6 Å². The molecule has 3 heterocycles. The molecule has 0 unspecified atom stereocenters. The zero-order valence-corrected chi connectivity index (χ0v) is 17.6. The molecule has 1 N–H and O–H groups in total. The molecule has 156 valence electrons. The molecule has 0 atom stereocenters. The maximum atomic E-state index is 13.8. The molecule has 1 aromatic carbocycles. The number of rotatable bonds is 5. The molecule has 8 heteroatoms. The number of pyridine rings is 2. The van der Waals surface area contributed by atoms with Crippen LogP contribution in [0.5, 0.6) is 0 Å². The van der Waals surface area contributed by atoms with Gasteiger partial charge in [0, 0.05) is 34.6 Å². The average Bonchev–Trinajstić information content (AvgIpc) is 3.21. The van der Waals surface area contributed by atoms with Crippen molar-refractivity contribution in [2.24, 2.45) is 0 Å². The molecule has 0 bridgehead atoms. The van der Waals surface area contributed by atoms with Gasteiger partial charge < -0.3 is 5.32 Å². The van der Waals surface area contributed by atoms with E-state index in [-0.39, 0.29) is 11.7 Å². The van der Waals surface area contributed by atoms with Crippen molar-refractivity contribution in [3.8, 4) is 21.8 Å². The summed E-state index contributed by atoms with van der Waals surface area (Å²) in [6.45, 7) is 4.18. The van der Waals surface area contributed by atoms with Gasteiger partial charge in [0.2, 0.25) is 0 Å². The largest absolute Gasteiger partial charge is 0.306 e. The van der Waals surface area contributed by atoms with E-state index in [1.807, 2.05) is 12.1 Å². The first-order valence-corrected chi connectivity index (χ1v) is 10.4. The Balaban J connectivity index is 1.61. The number of anilines is 1. The van der Waals surface area contributed by atoms with Crippen LogP contribution < -0.4 is 5.32 Å². The molecular formula is C23H18F2N4OS. The predicted octanol–water partition coefficient (Wildman–Crippen LogP) is 5.92. The third-order valence-electron chi connectivity index (χ3n) is 4.55. The van der Waals surface area contributed by atoms with Crippen LogP contribution in [-0.2, 0) is 0 Å². The second-order valence-corrected chi connectivity index (χ2v) is 8.14. The smallest absolute Gasteiger partial charge is 0.262 e. The second-order valence-electron chi connectivity index (χ2n) is 7.11. The summed E-state index contributed by atoms with van der Waals surface area (Å²) in [4.78, 5) is 26.5. The van der Waals surface area contributed by atoms with Gasteiger partial charge in [-0.05, 0) is 42.3 Å². The Morgan fingerprint density at radius 2 is 1.77 bits per heavy atom. The lowest BCUT2D eigenvalue weighted by Gasteiger charge is -2.08. The number of amides is 1. The van der Waals surface area contributed by atoms with E-state index in [0.717, 1.165) is 38.8 Å². The fourth-order valence-corrected chi connectivity index (χ4v) is 4.12. The van der Waals surface area contributed by atoms with E-state index in [9.17, 15) is 13.6 Å². The predicted molar refractivity (Wildman–Crippen MR) is 117 cm³/mol. The first kappa shape index (κ1) is 20.7. The normalized spacial score (nSPS) is 11.0. The van der Waals surface area contributed by atoms with Crippen molar-refractivity contribution < 1.29 is 13.6 Å². The van der Waals surface area contributed by atoms with Gasteiger partial charge in [0.25, 0.3) is 5.91 Å². The fraction of sp³-hybridized carbons (Fsp3) is 0.130. The average molecular weight is 436 g/mol. The molecule has 5 nitrogen and oxygen atoms in total. The highest BCUT2D eigenvalue weighted by atomic mass is 32.1. The zero-order valence-electron chi connectivity index (χ0n) is 16.8. The first-order valence-electron chi connectivity index (χ1n) is 9.57. The first-order chi connectivity index (χ1) is 14.9. The van der Waals surface area contributed by atoms with Crippen molar-refractivity contribution in [3.05, 3.63) is 83.1 Å². The van der Waals surface area contributed by atoms with Gasteiger partial charge in [0.1, 0.15) is 28.0 Å². The van der Waals surface area contributed by atoms with Gasteiger partial charge in [0.05, 0.1) is 5.69 Å². The van der Waals surface area contributed by atoms with Crippen LogP contribution in [-0.4, -0.2) is 20.9 Å². The van der Waals surface area contributed by atoms with E-state index in [4.69, 9.17) is 4.98 Å². The topological polar surface area (TPSA) is 67.8 Å². The number of nitrogens with one attached hydrogen (secondary N) is 1. The molecule has 0 radical (unpaired) electrons. The molecule has 3 aromatic heterocycles. The van der Waals surface area contributed by atoms with E-state index >= 15 is 0 Å². The number of benzene rings is 1. The van der Waals surface area contributed by atoms with Gasteiger partial charge in [-0.2, -0.15) is 0 Å². The van der Waals surface area contributed by atoms with Crippen LogP contribution in [0.1, 0.15) is 35.0 Å². The van der Waals surface area contributed by atoms with Crippen molar-refractivity contribution in [2.75, 3.05) is 5.32 Å². The van der Waals surface area contributed by atoms with Crippen LogP contribution in [0, 0.1) is 11.6 Å². The van der Waals surface area contributed by atoms with Gasteiger partial charge >= 0.3 is 0 Å². The summed E-state index contributed by atoms with van der Waals surface area (Å²) in [6, 6.07) is 10.4. The lowest BCUT2D eigenvalue weighted by atomic mass is 10.1. The molecule has 0 saturated carbocycles. The molecule has 0 saturated heterocycles. The van der Waals surface area contributed by atoms with E-state index in [1.165, 1.54) is 6.07 Å². The standard InChI is InChI=1S/C23H18F2N4OS/c1-13(2)21-20(29-23(31-21)15-5-4-10-26-11-15)14-8-9-18(27-12-14)28-22(30)19-16(24)6-3-7-17(19)25/h3-13H,1-2H3,(H,27,28,30). The van der Waals surface area contributed by atoms with E-state index in [2.05, 4.69) is 29.1 Å². The van der Waals surface area contributed by atoms with E-state index in [1.54, 1.807) is 42.1 Å². The summed E-state index contributed by atoms with van der Waals surface area (Å²) < 4.78 is 27.6. The molecule has 4 aromatic rings. The number of carbonyl (C=O) groups excluding carboxylic acids is 1. The molecule has 31 heavy (non-hydrogen) atoms. The zero-order chi connectivity index (χ0) is 22.0. The SMILES string of the molecule is CC(C)c1sc(-c2cccnc2)nc1-c1ccc(NC(=O)c2c(F)cccc2F)nc1. The Morgan fingerprint density at radius 3 is 2.39 bits per heavy atom. The molecular weight excluding hydrogens is 418 g/mol. The van der Waals surface area contributed by atoms with Gasteiger partial charge in [-0.1, -0.05) is 19.9 Å². The summed E-state index contributed by atoms with van der Waals surface area (Å²) in [5.74, 6) is -2.32. The number of hydrogen-bond acceptors (Lipinski definition) is 5. The monoisotopic (exact) mass is 436 g/mol. The molecule has 4 rings (SSSR count). The Hall–Kier alpha value is -3.52. The van der Waals surface area contributed by atoms with Gasteiger partial charge in [-0.3, -0.25) is 9.78 Å². The number of thiazole rings is 1. The second kappa shape index (κ2) is 8.69. The minimum atomic E-state index is -0.930. The molecule has 0 aliphatic carbocycles. The van der Waals surface area contributed by atoms with Crippen LogP contribution >= 0.6 is 11.3 Å². The van der Waals surface area contributed by atoms with E-state index < -0.39 is 23.1 Å². The van der Waals surface area contributed by atoms with Crippen molar-refractivity contribution in [1.82, 2.24) is 15.0 Å². The van der Waals surface area contributed by atoms with Gasteiger partial charge in [-0.15, -0.1) is 11.3 Å². The summed E-state index contributed by atoms with van der Waals surface area (Å²) in [5.41, 5.74) is 1.88. The van der Waals surface area contributed by atoms with Crippen LogP contribution in [0.25, 0.3) is 21.8 Å². The van der Waals surface area contributed by atoms with Crippen LogP contribution in [0.15, 0.2) is 61.1 Å². The van der Waals surface area contributed by atoms with Crippen molar-refractivity contribution in [2.45, 2.75) is 19.8 Å². The molecule has 0 spiro atoms. The quantitative estimate of drug-likeness (QED) is 0.422. The number of nitrogens with zero attached hydrogens (tertiary/aromatic N) is 3. The lowest BCUT2D eigenvalue weighted by molar-refractivity contribution is 0.101. The molecule has 1 amide bonds. The maximum Gasteiger partial charge on any atom is 0.262 e. The molecule has 0 fully saturated rings. The highest BCUT2D eigenvalue weighted by Crippen LogP contribution is 2.37. The lowest BCUT2D eigenvalue weighted by Crippen LogP contribution is -2.16. The van der Waals surface area contributed by atoms with Crippen molar-refractivity contribution in [3.63, 3.8) is 0 Å².